The van der Waals surface area contributed by atoms with Crippen LogP contribution in [0.2, 0.25) is 0 Å². The van der Waals surface area contributed by atoms with Gasteiger partial charge in [0.1, 0.15) is 5.69 Å². The number of rotatable bonds is 6. The topological polar surface area (TPSA) is 79.9 Å². The zero-order valence-corrected chi connectivity index (χ0v) is 13.4. The molecular weight excluding hydrogens is 300 g/mol. The van der Waals surface area contributed by atoms with Gasteiger partial charge in [-0.3, -0.25) is 5.10 Å². The predicted molar refractivity (Wildman–Crippen MR) is 86.9 cm³/mol. The number of carbonyl (C=O) groups is 1. The minimum Gasteiger partial charge on any atom is -0.462 e. The van der Waals surface area contributed by atoms with Gasteiger partial charge < -0.3 is 10.1 Å². The van der Waals surface area contributed by atoms with Crippen molar-refractivity contribution in [3.8, 4) is 0 Å². The van der Waals surface area contributed by atoms with Crippen LogP contribution in [-0.4, -0.2) is 27.8 Å². The van der Waals surface area contributed by atoms with Gasteiger partial charge in [-0.2, -0.15) is 10.1 Å². The Bertz CT molecular complexity index is 715. The molecule has 0 aliphatic heterocycles. The van der Waals surface area contributed by atoms with Gasteiger partial charge in [-0.25, -0.2) is 4.79 Å². The van der Waals surface area contributed by atoms with Crippen molar-refractivity contribution < 1.29 is 9.53 Å². The van der Waals surface area contributed by atoms with Crippen LogP contribution in [0.5, 0.6) is 0 Å². The quantitative estimate of drug-likeness (QED) is 0.482. The van der Waals surface area contributed by atoms with Crippen molar-refractivity contribution in [2.24, 2.45) is 0 Å². The molecule has 0 radical (unpaired) electrons. The summed E-state index contributed by atoms with van der Waals surface area (Å²) in [5.74, 6) is 0.227. The summed E-state index contributed by atoms with van der Waals surface area (Å²) in [5.41, 5.74) is 1.90. The Hall–Kier alpha value is -2.28. The number of unbranched alkanes of at least 4 members (excludes halogenated alkanes) is 1. The minimum atomic E-state index is -0.328. The van der Waals surface area contributed by atoms with Crippen molar-refractivity contribution in [3.05, 3.63) is 40.3 Å². The van der Waals surface area contributed by atoms with Gasteiger partial charge in [0, 0.05) is 5.69 Å². The largest absolute Gasteiger partial charge is 0.462 e. The van der Waals surface area contributed by atoms with Gasteiger partial charge in [0.15, 0.2) is 5.82 Å². The summed E-state index contributed by atoms with van der Waals surface area (Å²) in [6.07, 6.45) is 1.85. The Kier molecular flexibility index (Phi) is 5.60. The molecule has 0 amide bonds. The molecule has 2 N–H and O–H groups in total. The molecule has 1 aromatic carbocycles. The number of ether oxygens (including phenoxy) is 1. The first kappa shape index (κ1) is 16.1. The van der Waals surface area contributed by atoms with Gasteiger partial charge in [-0.05, 0) is 43.8 Å². The highest BCUT2D eigenvalue weighted by atomic mass is 32.1. The molecule has 0 spiro atoms. The highest BCUT2D eigenvalue weighted by Crippen LogP contribution is 2.18. The first-order valence-electron chi connectivity index (χ1n) is 7.07. The normalized spacial score (nSPS) is 10.3. The molecular formula is C15H18N4O2S. The molecule has 22 heavy (non-hydrogen) atoms. The number of carbonyl (C=O) groups excluding carboxylic acids is 1. The molecule has 0 saturated heterocycles. The van der Waals surface area contributed by atoms with E-state index in [1.54, 1.807) is 18.2 Å². The molecule has 2 aromatic rings. The van der Waals surface area contributed by atoms with Crippen LogP contribution < -0.4 is 5.32 Å². The van der Waals surface area contributed by atoms with Gasteiger partial charge in [-0.1, -0.05) is 19.4 Å². The molecule has 7 heteroatoms. The summed E-state index contributed by atoms with van der Waals surface area (Å²) < 4.78 is 5.49. The summed E-state index contributed by atoms with van der Waals surface area (Å²) in [7, 11) is 0. The number of esters is 1. The Balaban J connectivity index is 2.13. The summed E-state index contributed by atoms with van der Waals surface area (Å²) in [6.45, 7) is 4.29. The van der Waals surface area contributed by atoms with E-state index in [4.69, 9.17) is 17.0 Å². The first-order valence-corrected chi connectivity index (χ1v) is 7.48. The van der Waals surface area contributed by atoms with Crippen LogP contribution in [0.4, 0.5) is 11.5 Å². The lowest BCUT2D eigenvalue weighted by Crippen LogP contribution is -2.07. The molecule has 1 heterocycles. The Morgan fingerprint density at radius 2 is 2.27 bits per heavy atom. The van der Waals surface area contributed by atoms with Gasteiger partial charge in [0.2, 0.25) is 4.77 Å². The predicted octanol–water partition coefficient (Wildman–Crippen LogP) is 3.54. The van der Waals surface area contributed by atoms with Crippen LogP contribution in [0.15, 0.2) is 24.3 Å². The summed E-state index contributed by atoms with van der Waals surface area (Å²) in [4.78, 5) is 16.1. The third kappa shape index (κ3) is 4.36. The number of nitrogens with one attached hydrogen (secondary N) is 2. The van der Waals surface area contributed by atoms with E-state index >= 15 is 0 Å². The highest BCUT2D eigenvalue weighted by molar-refractivity contribution is 7.71. The van der Waals surface area contributed by atoms with E-state index in [1.807, 2.05) is 19.9 Å². The van der Waals surface area contributed by atoms with E-state index in [9.17, 15) is 4.79 Å². The van der Waals surface area contributed by atoms with Crippen LogP contribution in [0.25, 0.3) is 0 Å². The maximum absolute atomic E-state index is 11.9. The van der Waals surface area contributed by atoms with E-state index in [-0.39, 0.29) is 5.97 Å². The van der Waals surface area contributed by atoms with Gasteiger partial charge >= 0.3 is 5.97 Å². The zero-order chi connectivity index (χ0) is 15.9. The number of nitrogens with zero attached hydrogens (tertiary/aromatic N) is 2. The molecule has 0 aliphatic rings. The number of aromatic nitrogens is 3. The number of hydrogen-bond donors (Lipinski definition) is 2. The minimum absolute atomic E-state index is 0.295. The second-order valence-electron chi connectivity index (χ2n) is 4.77. The van der Waals surface area contributed by atoms with Crippen LogP contribution in [-0.2, 0) is 4.74 Å². The van der Waals surface area contributed by atoms with Gasteiger partial charge in [-0.15, -0.1) is 0 Å². The molecule has 0 bridgehead atoms. The van der Waals surface area contributed by atoms with E-state index < -0.39 is 0 Å². The number of aryl methyl sites for hydroxylation is 1. The second-order valence-corrected chi connectivity index (χ2v) is 5.16. The van der Waals surface area contributed by atoms with Crippen molar-refractivity contribution in [1.82, 2.24) is 15.2 Å². The SMILES string of the molecule is CCCCOC(=O)c1cccc(Nc2nc(=S)[nH]nc2C)c1. The molecule has 6 nitrogen and oxygen atoms in total. The summed E-state index contributed by atoms with van der Waals surface area (Å²) in [6, 6.07) is 7.05. The van der Waals surface area contributed by atoms with E-state index in [0.717, 1.165) is 18.5 Å². The number of benzene rings is 1. The monoisotopic (exact) mass is 318 g/mol. The molecule has 0 saturated carbocycles. The molecule has 0 atom stereocenters. The van der Waals surface area contributed by atoms with Crippen LogP contribution >= 0.6 is 12.2 Å². The number of aromatic amines is 1. The van der Waals surface area contributed by atoms with E-state index in [0.29, 0.717) is 28.5 Å². The lowest BCUT2D eigenvalue weighted by atomic mass is 10.2. The van der Waals surface area contributed by atoms with Crippen LogP contribution in [0, 0.1) is 11.7 Å². The molecule has 0 aliphatic carbocycles. The molecule has 0 fully saturated rings. The van der Waals surface area contributed by atoms with Gasteiger partial charge in [0.25, 0.3) is 0 Å². The first-order chi connectivity index (χ1) is 10.6. The number of H-pyrrole nitrogens is 1. The van der Waals surface area contributed by atoms with Crippen molar-refractivity contribution in [3.63, 3.8) is 0 Å². The second kappa shape index (κ2) is 7.65. The number of anilines is 2. The van der Waals surface area contributed by atoms with Crippen molar-refractivity contribution in [2.45, 2.75) is 26.7 Å². The van der Waals surface area contributed by atoms with Gasteiger partial charge in [0.05, 0.1) is 12.2 Å². The Labute approximate surface area is 133 Å². The zero-order valence-electron chi connectivity index (χ0n) is 12.5. The fourth-order valence-corrected chi connectivity index (χ4v) is 1.90. The van der Waals surface area contributed by atoms with Crippen molar-refractivity contribution in [1.29, 1.82) is 0 Å². The highest BCUT2D eigenvalue weighted by Gasteiger charge is 2.09. The fraction of sp³-hybridized carbons (Fsp3) is 0.333. The fourth-order valence-electron chi connectivity index (χ4n) is 1.76. The average Bonchev–Trinajstić information content (AvgIpc) is 2.51. The van der Waals surface area contributed by atoms with E-state index in [1.165, 1.54) is 0 Å². The average molecular weight is 318 g/mol. The molecule has 1 aromatic heterocycles. The lowest BCUT2D eigenvalue weighted by Gasteiger charge is -2.09. The smallest absolute Gasteiger partial charge is 0.338 e. The summed E-state index contributed by atoms with van der Waals surface area (Å²) >= 11 is 4.96. The van der Waals surface area contributed by atoms with Crippen LogP contribution in [0.1, 0.15) is 35.8 Å². The molecule has 2 rings (SSSR count). The van der Waals surface area contributed by atoms with Crippen molar-refractivity contribution in [2.75, 3.05) is 11.9 Å². The van der Waals surface area contributed by atoms with Crippen molar-refractivity contribution >= 4 is 29.7 Å². The molecule has 116 valence electrons. The van der Waals surface area contributed by atoms with Crippen LogP contribution in [0.3, 0.4) is 0 Å². The Morgan fingerprint density at radius 3 is 3.05 bits per heavy atom. The maximum Gasteiger partial charge on any atom is 0.338 e. The molecule has 0 unspecified atom stereocenters. The summed E-state index contributed by atoms with van der Waals surface area (Å²) in [5, 5.41) is 9.77. The maximum atomic E-state index is 11.9. The van der Waals surface area contributed by atoms with E-state index in [2.05, 4.69) is 20.5 Å². The standard InChI is InChI=1S/C15H18N4O2S/c1-3-4-8-21-14(20)11-6-5-7-12(9-11)16-13-10(2)18-19-15(22)17-13/h5-7,9H,3-4,8H2,1-2H3,(H2,16,17,19,22). The lowest BCUT2D eigenvalue weighted by molar-refractivity contribution is 0.0500. The Morgan fingerprint density at radius 1 is 1.45 bits per heavy atom. The number of hydrogen-bond acceptors (Lipinski definition) is 6. The third-order valence-corrected chi connectivity index (χ3v) is 3.15. The third-order valence-electron chi connectivity index (χ3n) is 2.97.